The number of nitrogens with one attached hydrogen (secondary N) is 2. The highest BCUT2D eigenvalue weighted by atomic mass is 32.2. The number of halogens is 3. The van der Waals surface area contributed by atoms with Gasteiger partial charge in [0.25, 0.3) is 0 Å². The smallest absolute Gasteiger partial charge is 0.376 e. The monoisotopic (exact) mass is 403 g/mol. The molecule has 1 aromatic heterocycles. The summed E-state index contributed by atoms with van der Waals surface area (Å²) in [5.41, 5.74) is 0.297. The fourth-order valence-corrected chi connectivity index (χ4v) is 3.29. The van der Waals surface area contributed by atoms with Gasteiger partial charge in [-0.25, -0.2) is 13.1 Å². The first-order chi connectivity index (χ1) is 12.6. The second-order valence-electron chi connectivity index (χ2n) is 5.97. The molecule has 0 amide bonds. The van der Waals surface area contributed by atoms with Gasteiger partial charge in [0.1, 0.15) is 0 Å². The molecule has 148 valence electrons. The SMILES string of the molecule is CN(C)c1cnnc(NCCNS(=O)(=O)Cc2ccc(C(F)(F)F)cc2)c1. The number of hydrogen-bond acceptors (Lipinski definition) is 6. The summed E-state index contributed by atoms with van der Waals surface area (Å²) < 4.78 is 64.0. The molecule has 1 aromatic carbocycles. The molecule has 11 heteroatoms. The maximum Gasteiger partial charge on any atom is 0.416 e. The van der Waals surface area contributed by atoms with Crippen molar-refractivity contribution in [1.29, 1.82) is 0 Å². The van der Waals surface area contributed by atoms with Crippen LogP contribution in [0.5, 0.6) is 0 Å². The number of nitrogens with zero attached hydrogens (tertiary/aromatic N) is 3. The molecule has 27 heavy (non-hydrogen) atoms. The summed E-state index contributed by atoms with van der Waals surface area (Å²) in [6.45, 7) is 0.370. The molecule has 7 nitrogen and oxygen atoms in total. The topological polar surface area (TPSA) is 87.2 Å². The maximum absolute atomic E-state index is 12.5. The molecule has 0 fully saturated rings. The number of aromatic nitrogens is 2. The molecular formula is C16H20F3N5O2S. The average Bonchev–Trinajstić information content (AvgIpc) is 2.58. The van der Waals surface area contributed by atoms with Crippen LogP contribution in [0.15, 0.2) is 36.5 Å². The van der Waals surface area contributed by atoms with Crippen LogP contribution in [0.4, 0.5) is 24.7 Å². The van der Waals surface area contributed by atoms with Gasteiger partial charge in [0.2, 0.25) is 10.0 Å². The van der Waals surface area contributed by atoms with Crippen molar-refractivity contribution < 1.29 is 21.6 Å². The third-order valence-electron chi connectivity index (χ3n) is 3.55. The molecule has 0 aliphatic heterocycles. The number of hydrogen-bond donors (Lipinski definition) is 2. The average molecular weight is 403 g/mol. The Balaban J connectivity index is 1.84. The zero-order valence-corrected chi connectivity index (χ0v) is 15.6. The van der Waals surface area contributed by atoms with E-state index in [0.29, 0.717) is 5.82 Å². The van der Waals surface area contributed by atoms with Crippen molar-refractivity contribution in [2.75, 3.05) is 37.4 Å². The second kappa shape index (κ2) is 8.53. The van der Waals surface area contributed by atoms with Gasteiger partial charge in [-0.05, 0) is 17.7 Å². The molecule has 0 bridgehead atoms. The minimum absolute atomic E-state index is 0.0941. The van der Waals surface area contributed by atoms with E-state index in [9.17, 15) is 21.6 Å². The second-order valence-corrected chi connectivity index (χ2v) is 7.78. The van der Waals surface area contributed by atoms with Crippen molar-refractivity contribution in [2.45, 2.75) is 11.9 Å². The third-order valence-corrected chi connectivity index (χ3v) is 4.90. The van der Waals surface area contributed by atoms with E-state index in [0.717, 1.165) is 30.0 Å². The molecule has 1 heterocycles. The van der Waals surface area contributed by atoms with Crippen LogP contribution in [0.3, 0.4) is 0 Å². The van der Waals surface area contributed by atoms with E-state index in [1.807, 2.05) is 19.0 Å². The highest BCUT2D eigenvalue weighted by molar-refractivity contribution is 7.88. The van der Waals surface area contributed by atoms with Crippen molar-refractivity contribution in [3.8, 4) is 0 Å². The number of anilines is 2. The van der Waals surface area contributed by atoms with Crippen molar-refractivity contribution in [3.63, 3.8) is 0 Å². The minimum Gasteiger partial charge on any atom is -0.376 e. The molecule has 2 aromatic rings. The summed E-state index contributed by atoms with van der Waals surface area (Å²) in [5, 5.41) is 10.7. The van der Waals surface area contributed by atoms with Crippen molar-refractivity contribution >= 4 is 21.5 Å². The normalized spacial score (nSPS) is 12.0. The Morgan fingerprint density at radius 3 is 2.37 bits per heavy atom. The molecule has 0 aliphatic rings. The van der Waals surface area contributed by atoms with Gasteiger partial charge in [-0.15, -0.1) is 5.10 Å². The van der Waals surface area contributed by atoms with E-state index < -0.39 is 27.5 Å². The molecule has 2 N–H and O–H groups in total. The van der Waals surface area contributed by atoms with E-state index >= 15 is 0 Å². The molecule has 0 saturated heterocycles. The molecule has 2 rings (SSSR count). The highest BCUT2D eigenvalue weighted by Gasteiger charge is 2.30. The van der Waals surface area contributed by atoms with Gasteiger partial charge in [0.15, 0.2) is 5.82 Å². The first-order valence-electron chi connectivity index (χ1n) is 7.94. The number of sulfonamides is 1. The maximum atomic E-state index is 12.5. The molecule has 0 saturated carbocycles. The van der Waals surface area contributed by atoms with Gasteiger partial charge in [-0.1, -0.05) is 12.1 Å². The van der Waals surface area contributed by atoms with Gasteiger partial charge in [-0.2, -0.15) is 18.3 Å². The standard InChI is InChI=1S/C16H20F3N5O2S/c1-24(2)14-9-15(23-21-10-14)20-7-8-22-27(25,26)11-12-3-5-13(6-4-12)16(17,18)19/h3-6,9-10,22H,7-8,11H2,1-2H3,(H,20,23). The highest BCUT2D eigenvalue weighted by Crippen LogP contribution is 2.29. The first-order valence-corrected chi connectivity index (χ1v) is 9.59. The quantitative estimate of drug-likeness (QED) is 0.657. The summed E-state index contributed by atoms with van der Waals surface area (Å²) in [4.78, 5) is 1.85. The summed E-state index contributed by atoms with van der Waals surface area (Å²) in [7, 11) is 0.0401. The van der Waals surface area contributed by atoms with Crippen LogP contribution in [0, 0.1) is 0 Å². The Bertz CT molecular complexity index is 855. The zero-order valence-electron chi connectivity index (χ0n) is 14.8. The lowest BCUT2D eigenvalue weighted by Gasteiger charge is -2.13. The Hall–Kier alpha value is -2.40. The number of rotatable bonds is 8. The van der Waals surface area contributed by atoms with E-state index in [1.54, 1.807) is 12.3 Å². The van der Waals surface area contributed by atoms with Crippen LogP contribution in [0.2, 0.25) is 0 Å². The molecule has 0 spiro atoms. The third kappa shape index (κ3) is 6.68. The van der Waals surface area contributed by atoms with Crippen LogP contribution in [-0.2, 0) is 22.0 Å². The Morgan fingerprint density at radius 2 is 1.78 bits per heavy atom. The zero-order chi connectivity index (χ0) is 20.1. The lowest BCUT2D eigenvalue weighted by Crippen LogP contribution is -2.30. The van der Waals surface area contributed by atoms with Crippen molar-refractivity contribution in [2.24, 2.45) is 0 Å². The van der Waals surface area contributed by atoms with E-state index in [4.69, 9.17) is 0 Å². The van der Waals surface area contributed by atoms with E-state index in [2.05, 4.69) is 20.2 Å². The van der Waals surface area contributed by atoms with Crippen LogP contribution >= 0.6 is 0 Å². The summed E-state index contributed by atoms with van der Waals surface area (Å²) in [6.07, 6.45) is -2.86. The van der Waals surface area contributed by atoms with Crippen LogP contribution in [0.25, 0.3) is 0 Å². The van der Waals surface area contributed by atoms with E-state index in [1.165, 1.54) is 0 Å². The minimum atomic E-state index is -4.45. The Morgan fingerprint density at radius 1 is 1.11 bits per heavy atom. The summed E-state index contributed by atoms with van der Waals surface area (Å²) in [5.74, 6) is 0.101. The van der Waals surface area contributed by atoms with Crippen LogP contribution in [0.1, 0.15) is 11.1 Å². The van der Waals surface area contributed by atoms with Gasteiger partial charge < -0.3 is 10.2 Å². The Labute approximate surface area is 155 Å². The number of benzene rings is 1. The molecule has 0 atom stereocenters. The van der Waals surface area contributed by atoms with Crippen LogP contribution in [-0.4, -0.2) is 45.8 Å². The molecule has 0 radical (unpaired) electrons. The van der Waals surface area contributed by atoms with Gasteiger partial charge >= 0.3 is 6.18 Å². The largest absolute Gasteiger partial charge is 0.416 e. The fourth-order valence-electron chi connectivity index (χ4n) is 2.14. The van der Waals surface area contributed by atoms with Gasteiger partial charge in [0.05, 0.1) is 23.2 Å². The van der Waals surface area contributed by atoms with Crippen molar-refractivity contribution in [1.82, 2.24) is 14.9 Å². The predicted octanol–water partition coefficient (Wildman–Crippen LogP) is 2.09. The molecular weight excluding hydrogens is 383 g/mol. The molecule has 0 aliphatic carbocycles. The Kier molecular flexibility index (Phi) is 6.60. The van der Waals surface area contributed by atoms with E-state index in [-0.39, 0.29) is 18.7 Å². The van der Waals surface area contributed by atoms with Crippen molar-refractivity contribution in [3.05, 3.63) is 47.7 Å². The van der Waals surface area contributed by atoms with Gasteiger partial charge in [0, 0.05) is 33.3 Å². The predicted molar refractivity (Wildman–Crippen MR) is 96.9 cm³/mol. The lowest BCUT2D eigenvalue weighted by molar-refractivity contribution is -0.137. The summed E-state index contributed by atoms with van der Waals surface area (Å²) in [6, 6.07) is 5.81. The van der Waals surface area contributed by atoms with Gasteiger partial charge in [-0.3, -0.25) is 0 Å². The fraction of sp³-hybridized carbons (Fsp3) is 0.375. The molecule has 0 unspecified atom stereocenters. The first kappa shape index (κ1) is 20.9. The van der Waals surface area contributed by atoms with Crippen LogP contribution < -0.4 is 14.9 Å². The number of alkyl halides is 3. The summed E-state index contributed by atoms with van der Waals surface area (Å²) >= 11 is 0. The lowest BCUT2D eigenvalue weighted by atomic mass is 10.1.